The molecule has 2 aliphatic rings. The highest BCUT2D eigenvalue weighted by atomic mass is 16.7. The molecule has 2 fully saturated rings. The molecule has 11 nitrogen and oxygen atoms in total. The smallest absolute Gasteiger partial charge is 0.187 e. The zero-order valence-electron chi connectivity index (χ0n) is 23.6. The summed E-state index contributed by atoms with van der Waals surface area (Å²) < 4.78 is 22.1. The Morgan fingerprint density at radius 3 is 1.49 bits per heavy atom. The van der Waals surface area contributed by atoms with Gasteiger partial charge in [-0.05, 0) is 6.42 Å². The highest BCUT2D eigenvalue weighted by molar-refractivity contribution is 4.94. The SMILES string of the molecule is CCCCCCCCCCCCCCCCO[C@@H]1OC(CO)[C@H](O[C@H]2OC(CO)[C@@H](O)C(O)C2O)C(O)C1O. The van der Waals surface area contributed by atoms with E-state index in [-0.39, 0.29) is 0 Å². The van der Waals surface area contributed by atoms with Crippen LogP contribution in [0.3, 0.4) is 0 Å². The fourth-order valence-electron chi connectivity index (χ4n) is 5.19. The van der Waals surface area contributed by atoms with Gasteiger partial charge in [-0.15, -0.1) is 0 Å². The highest BCUT2D eigenvalue weighted by Crippen LogP contribution is 2.29. The number of unbranched alkanes of at least 4 members (excludes halogenated alkanes) is 13. The molecule has 2 rings (SSSR count). The van der Waals surface area contributed by atoms with E-state index in [9.17, 15) is 35.7 Å². The van der Waals surface area contributed by atoms with E-state index in [2.05, 4.69) is 6.92 Å². The van der Waals surface area contributed by atoms with Crippen LogP contribution in [0.1, 0.15) is 96.8 Å². The largest absolute Gasteiger partial charge is 0.394 e. The maximum atomic E-state index is 10.6. The minimum Gasteiger partial charge on any atom is -0.394 e. The van der Waals surface area contributed by atoms with Crippen LogP contribution in [-0.4, -0.2) is 117 Å². The normalized spacial score (nSPS) is 35.4. The van der Waals surface area contributed by atoms with Crippen molar-refractivity contribution in [3.8, 4) is 0 Å². The van der Waals surface area contributed by atoms with Crippen molar-refractivity contribution in [1.29, 1.82) is 0 Å². The summed E-state index contributed by atoms with van der Waals surface area (Å²) in [5.74, 6) is 0. The van der Waals surface area contributed by atoms with Crippen LogP contribution < -0.4 is 0 Å². The zero-order chi connectivity index (χ0) is 28.6. The molecule has 0 radical (unpaired) electrons. The third-order valence-electron chi connectivity index (χ3n) is 7.74. The summed E-state index contributed by atoms with van der Waals surface area (Å²) in [4.78, 5) is 0. The zero-order valence-corrected chi connectivity index (χ0v) is 23.6. The van der Waals surface area contributed by atoms with E-state index >= 15 is 0 Å². The van der Waals surface area contributed by atoms with E-state index in [0.29, 0.717) is 6.61 Å². The van der Waals surface area contributed by atoms with Gasteiger partial charge in [-0.2, -0.15) is 0 Å². The summed E-state index contributed by atoms with van der Waals surface area (Å²) >= 11 is 0. The lowest BCUT2D eigenvalue weighted by molar-refractivity contribution is -0.359. The summed E-state index contributed by atoms with van der Waals surface area (Å²) in [7, 11) is 0. The molecule has 0 aromatic heterocycles. The van der Waals surface area contributed by atoms with Crippen molar-refractivity contribution in [3.05, 3.63) is 0 Å². The Balaban J connectivity index is 1.62. The first kappa shape index (κ1) is 34.8. The number of ether oxygens (including phenoxy) is 4. The molecule has 11 heteroatoms. The predicted molar refractivity (Wildman–Crippen MR) is 143 cm³/mol. The second-order valence-electron chi connectivity index (χ2n) is 11.0. The lowest BCUT2D eigenvalue weighted by atomic mass is 9.97. The summed E-state index contributed by atoms with van der Waals surface area (Å²) in [6.45, 7) is 1.34. The van der Waals surface area contributed by atoms with Crippen molar-refractivity contribution < 1.29 is 54.7 Å². The van der Waals surface area contributed by atoms with Gasteiger partial charge < -0.3 is 54.7 Å². The first-order valence-corrected chi connectivity index (χ1v) is 15.1. The lowest BCUT2D eigenvalue weighted by Crippen LogP contribution is -2.64. The highest BCUT2D eigenvalue weighted by Gasteiger charge is 2.50. The van der Waals surface area contributed by atoms with Gasteiger partial charge in [0.1, 0.15) is 48.8 Å². The van der Waals surface area contributed by atoms with Crippen LogP contribution in [0.4, 0.5) is 0 Å². The number of aliphatic hydroxyl groups is 7. The van der Waals surface area contributed by atoms with E-state index in [1.54, 1.807) is 0 Å². The molecule has 10 atom stereocenters. The second-order valence-corrected chi connectivity index (χ2v) is 11.0. The van der Waals surface area contributed by atoms with Gasteiger partial charge in [0.25, 0.3) is 0 Å². The Morgan fingerprint density at radius 2 is 0.974 bits per heavy atom. The van der Waals surface area contributed by atoms with Crippen LogP contribution in [0.25, 0.3) is 0 Å². The molecule has 2 aliphatic heterocycles. The molecule has 6 unspecified atom stereocenters. The second kappa shape index (κ2) is 19.6. The Hall–Kier alpha value is -0.440. The molecule has 0 amide bonds. The monoisotopic (exact) mass is 566 g/mol. The molecular weight excluding hydrogens is 512 g/mol. The summed E-state index contributed by atoms with van der Waals surface area (Å²) in [6.07, 6.45) is 2.97. The predicted octanol–water partition coefficient (Wildman–Crippen LogP) is 1.11. The van der Waals surface area contributed by atoms with Gasteiger partial charge in [-0.1, -0.05) is 90.4 Å². The standard InChI is InChI=1S/C28H54O11/c1-2-3-4-5-6-7-8-9-10-11-12-13-14-15-16-36-27-25(35)23(33)26(20(18-30)38-27)39-28-24(34)22(32)21(31)19(17-29)37-28/h19-35H,2-18H2,1H3/t19?,20?,21-,22?,23?,24?,25?,26+,27-,28-/m1/s1. The average molecular weight is 567 g/mol. The van der Waals surface area contributed by atoms with Gasteiger partial charge in [0.05, 0.1) is 13.2 Å². The van der Waals surface area contributed by atoms with Crippen molar-refractivity contribution in [2.24, 2.45) is 0 Å². The molecule has 0 saturated carbocycles. The first-order valence-electron chi connectivity index (χ1n) is 15.1. The Morgan fingerprint density at radius 1 is 0.513 bits per heavy atom. The van der Waals surface area contributed by atoms with Gasteiger partial charge >= 0.3 is 0 Å². The van der Waals surface area contributed by atoms with Gasteiger partial charge in [0, 0.05) is 6.61 Å². The third-order valence-corrected chi connectivity index (χ3v) is 7.74. The fourth-order valence-corrected chi connectivity index (χ4v) is 5.19. The Bertz CT molecular complexity index is 608. The average Bonchev–Trinajstić information content (AvgIpc) is 2.94. The molecule has 232 valence electrons. The maximum Gasteiger partial charge on any atom is 0.187 e. The lowest BCUT2D eigenvalue weighted by Gasteiger charge is -2.45. The number of hydrogen-bond acceptors (Lipinski definition) is 11. The molecule has 7 N–H and O–H groups in total. The van der Waals surface area contributed by atoms with Crippen LogP contribution >= 0.6 is 0 Å². The van der Waals surface area contributed by atoms with Crippen LogP contribution in [0.15, 0.2) is 0 Å². The Labute approximate surface area is 233 Å². The topological polar surface area (TPSA) is 179 Å². The molecule has 2 heterocycles. The summed E-state index contributed by atoms with van der Waals surface area (Å²) in [6, 6.07) is 0. The van der Waals surface area contributed by atoms with Crippen LogP contribution in [0.5, 0.6) is 0 Å². The van der Waals surface area contributed by atoms with E-state index in [0.717, 1.165) is 19.3 Å². The first-order chi connectivity index (χ1) is 18.8. The number of rotatable bonds is 20. The Kier molecular flexibility index (Phi) is 17.5. The van der Waals surface area contributed by atoms with Crippen molar-refractivity contribution >= 4 is 0 Å². The molecule has 0 aromatic rings. The van der Waals surface area contributed by atoms with Crippen molar-refractivity contribution in [2.75, 3.05) is 19.8 Å². The molecule has 0 aliphatic carbocycles. The number of hydrogen-bond donors (Lipinski definition) is 7. The van der Waals surface area contributed by atoms with Gasteiger partial charge in [-0.25, -0.2) is 0 Å². The summed E-state index contributed by atoms with van der Waals surface area (Å²) in [5.41, 5.74) is 0. The summed E-state index contributed by atoms with van der Waals surface area (Å²) in [5, 5.41) is 70.4. The van der Waals surface area contributed by atoms with Crippen molar-refractivity contribution in [1.82, 2.24) is 0 Å². The minimum absolute atomic E-state index is 0.322. The van der Waals surface area contributed by atoms with Crippen LogP contribution in [0.2, 0.25) is 0 Å². The minimum atomic E-state index is -1.69. The fraction of sp³-hybridized carbons (Fsp3) is 1.00. The van der Waals surface area contributed by atoms with Crippen molar-refractivity contribution in [2.45, 2.75) is 158 Å². The quantitative estimate of drug-likeness (QED) is 0.105. The number of aliphatic hydroxyl groups excluding tert-OH is 7. The van der Waals surface area contributed by atoms with E-state index in [4.69, 9.17) is 18.9 Å². The molecule has 0 spiro atoms. The molecule has 0 bridgehead atoms. The molecular formula is C28H54O11. The van der Waals surface area contributed by atoms with E-state index < -0.39 is 74.6 Å². The van der Waals surface area contributed by atoms with Gasteiger partial charge in [0.15, 0.2) is 12.6 Å². The van der Waals surface area contributed by atoms with Crippen LogP contribution in [0, 0.1) is 0 Å². The maximum absolute atomic E-state index is 10.6. The van der Waals surface area contributed by atoms with E-state index in [1.165, 1.54) is 70.6 Å². The van der Waals surface area contributed by atoms with E-state index in [1.807, 2.05) is 0 Å². The third kappa shape index (κ3) is 11.4. The molecule has 39 heavy (non-hydrogen) atoms. The van der Waals surface area contributed by atoms with Crippen molar-refractivity contribution in [3.63, 3.8) is 0 Å². The van der Waals surface area contributed by atoms with Gasteiger partial charge in [-0.3, -0.25) is 0 Å². The van der Waals surface area contributed by atoms with Crippen LogP contribution in [-0.2, 0) is 18.9 Å². The van der Waals surface area contributed by atoms with Gasteiger partial charge in [0.2, 0.25) is 0 Å². The molecule has 2 saturated heterocycles. The molecule has 0 aromatic carbocycles.